The van der Waals surface area contributed by atoms with E-state index in [2.05, 4.69) is 5.32 Å². The van der Waals surface area contributed by atoms with Crippen LogP contribution in [0.5, 0.6) is 0 Å². The van der Waals surface area contributed by atoms with Crippen LogP contribution in [0.1, 0.15) is 31.1 Å². The molecule has 1 unspecified atom stereocenters. The van der Waals surface area contributed by atoms with Crippen molar-refractivity contribution in [3.05, 3.63) is 71.5 Å². The molecule has 0 aromatic heterocycles. The zero-order valence-electron chi connectivity index (χ0n) is 12.7. The van der Waals surface area contributed by atoms with Crippen LogP contribution in [0.25, 0.3) is 0 Å². The van der Waals surface area contributed by atoms with Crippen molar-refractivity contribution in [3.8, 4) is 0 Å². The van der Waals surface area contributed by atoms with Crippen LogP contribution in [0, 0.1) is 5.82 Å². The summed E-state index contributed by atoms with van der Waals surface area (Å²) in [6, 6.07) is 15.4. The molecule has 116 valence electrons. The molecule has 0 spiro atoms. The highest BCUT2D eigenvalue weighted by Crippen LogP contribution is 2.23. The van der Waals surface area contributed by atoms with Crippen molar-refractivity contribution >= 4 is 5.91 Å². The molecule has 0 aliphatic carbocycles. The monoisotopic (exact) mass is 301 g/mol. The summed E-state index contributed by atoms with van der Waals surface area (Å²) >= 11 is 0. The van der Waals surface area contributed by atoms with Crippen LogP contribution in [0.4, 0.5) is 4.39 Å². The Kier molecular flexibility index (Phi) is 4.93. The van der Waals surface area contributed by atoms with Gasteiger partial charge >= 0.3 is 0 Å². The predicted octanol–water partition coefficient (Wildman–Crippen LogP) is 2.95. The topological polar surface area (TPSA) is 49.3 Å². The van der Waals surface area contributed by atoms with Crippen LogP contribution in [0.3, 0.4) is 0 Å². The minimum atomic E-state index is -1.07. The predicted molar refractivity (Wildman–Crippen MR) is 83.8 cm³/mol. The van der Waals surface area contributed by atoms with Gasteiger partial charge in [-0.3, -0.25) is 4.79 Å². The summed E-state index contributed by atoms with van der Waals surface area (Å²) in [6.45, 7) is 3.59. The van der Waals surface area contributed by atoms with Crippen LogP contribution in [0.2, 0.25) is 0 Å². The summed E-state index contributed by atoms with van der Waals surface area (Å²) in [5.41, 5.74) is 0.337. The van der Waals surface area contributed by atoms with Crippen LogP contribution >= 0.6 is 0 Å². The Balaban J connectivity index is 2.02. The number of hydrogen-bond acceptors (Lipinski definition) is 2. The molecule has 0 bridgehead atoms. The van der Waals surface area contributed by atoms with E-state index in [9.17, 15) is 14.3 Å². The van der Waals surface area contributed by atoms with Gasteiger partial charge < -0.3 is 10.4 Å². The number of halogens is 1. The fourth-order valence-corrected chi connectivity index (χ4v) is 2.25. The molecular formula is C18H20FNO2. The molecule has 2 aromatic rings. The molecular weight excluding hydrogens is 281 g/mol. The third kappa shape index (κ3) is 3.52. The average molecular weight is 301 g/mol. The molecule has 0 saturated carbocycles. The average Bonchev–Trinajstić information content (AvgIpc) is 2.53. The van der Waals surface area contributed by atoms with E-state index >= 15 is 0 Å². The van der Waals surface area contributed by atoms with Gasteiger partial charge in [-0.05, 0) is 25.5 Å². The summed E-state index contributed by atoms with van der Waals surface area (Å²) in [5, 5.41) is 12.7. The number of aliphatic hydroxyl groups is 1. The van der Waals surface area contributed by atoms with Crippen molar-refractivity contribution in [2.45, 2.75) is 25.4 Å². The summed E-state index contributed by atoms with van der Waals surface area (Å²) in [7, 11) is 0. The normalized spacial score (nSPS) is 12.7. The Morgan fingerprint density at radius 2 is 1.73 bits per heavy atom. The minimum absolute atomic E-state index is 0.0317. The third-order valence-electron chi connectivity index (χ3n) is 3.78. The second kappa shape index (κ2) is 6.71. The maximum absolute atomic E-state index is 13.6. The van der Waals surface area contributed by atoms with Gasteiger partial charge in [-0.2, -0.15) is 0 Å². The van der Waals surface area contributed by atoms with Gasteiger partial charge in [-0.25, -0.2) is 4.39 Å². The molecule has 0 heterocycles. The first-order valence-electron chi connectivity index (χ1n) is 7.19. The lowest BCUT2D eigenvalue weighted by molar-refractivity contribution is -0.126. The lowest BCUT2D eigenvalue weighted by Crippen LogP contribution is -2.41. The van der Waals surface area contributed by atoms with Crippen molar-refractivity contribution in [1.29, 1.82) is 0 Å². The number of carbonyl (C=O) groups excluding carboxylic acids is 1. The van der Waals surface area contributed by atoms with E-state index in [4.69, 9.17) is 0 Å². The number of aliphatic hydroxyl groups excluding tert-OH is 1. The standard InChI is InChI=1S/C18H20FNO2/c1-18(2,13-8-4-3-5-9-13)17(22)20-12-16(21)14-10-6-7-11-15(14)19/h3-11,16,21H,12H2,1-2H3,(H,20,22). The zero-order valence-corrected chi connectivity index (χ0v) is 12.7. The quantitative estimate of drug-likeness (QED) is 0.892. The molecule has 1 amide bonds. The molecule has 3 nitrogen and oxygen atoms in total. The summed E-state index contributed by atoms with van der Waals surface area (Å²) in [5.74, 6) is -0.694. The van der Waals surface area contributed by atoms with Gasteiger partial charge in [0.2, 0.25) is 5.91 Å². The van der Waals surface area contributed by atoms with Gasteiger partial charge in [0.15, 0.2) is 0 Å². The lowest BCUT2D eigenvalue weighted by Gasteiger charge is -2.25. The van der Waals surface area contributed by atoms with Crippen molar-refractivity contribution < 1.29 is 14.3 Å². The first-order valence-corrected chi connectivity index (χ1v) is 7.19. The number of nitrogens with one attached hydrogen (secondary N) is 1. The number of amides is 1. The highest BCUT2D eigenvalue weighted by Gasteiger charge is 2.29. The van der Waals surface area contributed by atoms with E-state index in [0.29, 0.717) is 0 Å². The Hall–Kier alpha value is -2.20. The van der Waals surface area contributed by atoms with Crippen LogP contribution < -0.4 is 5.32 Å². The first kappa shape index (κ1) is 16.2. The van der Waals surface area contributed by atoms with Crippen LogP contribution in [-0.4, -0.2) is 17.6 Å². The van der Waals surface area contributed by atoms with Gasteiger partial charge in [0, 0.05) is 12.1 Å². The summed E-state index contributed by atoms with van der Waals surface area (Å²) in [6.07, 6.45) is -1.07. The molecule has 2 aromatic carbocycles. The Morgan fingerprint density at radius 3 is 2.36 bits per heavy atom. The first-order chi connectivity index (χ1) is 10.4. The molecule has 0 saturated heterocycles. The SMILES string of the molecule is CC(C)(C(=O)NCC(O)c1ccccc1F)c1ccccc1. The Labute approximate surface area is 129 Å². The molecule has 2 rings (SSSR count). The Bertz CT molecular complexity index is 641. The smallest absolute Gasteiger partial charge is 0.230 e. The van der Waals surface area contributed by atoms with E-state index in [1.807, 2.05) is 44.2 Å². The maximum atomic E-state index is 13.6. The van der Waals surface area contributed by atoms with Gasteiger partial charge in [0.05, 0.1) is 11.5 Å². The maximum Gasteiger partial charge on any atom is 0.230 e. The van der Waals surface area contributed by atoms with Gasteiger partial charge in [-0.1, -0.05) is 48.5 Å². The third-order valence-corrected chi connectivity index (χ3v) is 3.78. The Morgan fingerprint density at radius 1 is 1.14 bits per heavy atom. The van der Waals surface area contributed by atoms with E-state index in [-0.39, 0.29) is 18.0 Å². The molecule has 0 aliphatic rings. The highest BCUT2D eigenvalue weighted by atomic mass is 19.1. The molecule has 0 aliphatic heterocycles. The van der Waals surface area contributed by atoms with Gasteiger partial charge in [0.1, 0.15) is 5.82 Å². The van der Waals surface area contributed by atoms with Crippen LogP contribution in [-0.2, 0) is 10.2 Å². The number of carbonyl (C=O) groups is 1. The molecule has 4 heteroatoms. The molecule has 2 N–H and O–H groups in total. The highest BCUT2D eigenvalue weighted by molar-refractivity contribution is 5.87. The largest absolute Gasteiger partial charge is 0.386 e. The van der Waals surface area contributed by atoms with Gasteiger partial charge in [0.25, 0.3) is 0 Å². The number of rotatable bonds is 5. The fraction of sp³-hybridized carbons (Fsp3) is 0.278. The van der Waals surface area contributed by atoms with Crippen molar-refractivity contribution in [2.24, 2.45) is 0 Å². The van der Waals surface area contributed by atoms with E-state index < -0.39 is 17.3 Å². The second-order valence-corrected chi connectivity index (χ2v) is 5.74. The van der Waals surface area contributed by atoms with Gasteiger partial charge in [-0.15, -0.1) is 0 Å². The molecule has 1 atom stereocenters. The summed E-state index contributed by atoms with van der Waals surface area (Å²) < 4.78 is 13.6. The molecule has 0 radical (unpaired) electrons. The zero-order chi connectivity index (χ0) is 16.2. The van der Waals surface area contributed by atoms with E-state index in [1.54, 1.807) is 12.1 Å². The summed E-state index contributed by atoms with van der Waals surface area (Å²) in [4.78, 5) is 12.4. The fourth-order valence-electron chi connectivity index (χ4n) is 2.25. The minimum Gasteiger partial charge on any atom is -0.386 e. The van der Waals surface area contributed by atoms with Crippen LogP contribution in [0.15, 0.2) is 54.6 Å². The van der Waals surface area contributed by atoms with Crippen molar-refractivity contribution in [3.63, 3.8) is 0 Å². The lowest BCUT2D eigenvalue weighted by atomic mass is 9.83. The molecule has 0 fully saturated rings. The molecule has 22 heavy (non-hydrogen) atoms. The van der Waals surface area contributed by atoms with E-state index in [0.717, 1.165) is 5.56 Å². The van der Waals surface area contributed by atoms with Crippen molar-refractivity contribution in [1.82, 2.24) is 5.32 Å². The van der Waals surface area contributed by atoms with Crippen molar-refractivity contribution in [2.75, 3.05) is 6.54 Å². The number of hydrogen-bond donors (Lipinski definition) is 2. The number of benzene rings is 2. The second-order valence-electron chi connectivity index (χ2n) is 5.74. The van der Waals surface area contributed by atoms with E-state index in [1.165, 1.54) is 12.1 Å².